The Hall–Kier alpha value is -3.20. The zero-order valence-corrected chi connectivity index (χ0v) is 18.0. The zero-order valence-electron chi connectivity index (χ0n) is 18.0. The van der Waals surface area contributed by atoms with Crippen LogP contribution in [0, 0.1) is 29.6 Å². The van der Waals surface area contributed by atoms with Gasteiger partial charge in [-0.05, 0) is 74.3 Å². The van der Waals surface area contributed by atoms with Crippen LogP contribution in [-0.2, 0) is 11.2 Å². The van der Waals surface area contributed by atoms with Crippen LogP contribution in [0.1, 0.15) is 49.8 Å². The minimum atomic E-state index is 0.0486. The lowest BCUT2D eigenvalue weighted by atomic mass is 10.1. The van der Waals surface area contributed by atoms with Gasteiger partial charge in [-0.15, -0.1) is 0 Å². The monoisotopic (exact) mass is 401 g/mol. The van der Waals surface area contributed by atoms with Crippen LogP contribution in [0.3, 0.4) is 0 Å². The first-order valence-corrected chi connectivity index (χ1v) is 10.5. The van der Waals surface area contributed by atoms with Crippen molar-refractivity contribution in [3.05, 3.63) is 41.0 Å². The standard InChI is InChI=1S/C24H27N5O/c1-5-17-8-7-16(14-25)12-19(17)29(4)20-11-15(3)21(26-6-2)22(27-20)28-23(30)18-13-24(18)9-10-24/h6-8,11-12,18H,5,9-10,13H2,1-4H3,(H,27,28,30)/t18-/m1/s1. The fourth-order valence-electron chi connectivity index (χ4n) is 4.20. The molecule has 6 heteroatoms. The summed E-state index contributed by atoms with van der Waals surface area (Å²) in [6, 6.07) is 9.88. The summed E-state index contributed by atoms with van der Waals surface area (Å²) in [4.78, 5) is 24.0. The number of hydrogen-bond donors (Lipinski definition) is 1. The second kappa shape index (κ2) is 7.56. The predicted molar refractivity (Wildman–Crippen MR) is 120 cm³/mol. The molecule has 0 saturated heterocycles. The van der Waals surface area contributed by atoms with Crippen LogP contribution in [0.2, 0.25) is 0 Å². The summed E-state index contributed by atoms with van der Waals surface area (Å²) < 4.78 is 0. The lowest BCUT2D eigenvalue weighted by Gasteiger charge is -2.23. The number of carbonyl (C=O) groups is 1. The maximum Gasteiger partial charge on any atom is 0.229 e. The summed E-state index contributed by atoms with van der Waals surface area (Å²) in [5.41, 5.74) is 4.59. The molecule has 2 aromatic rings. The average molecular weight is 402 g/mol. The Morgan fingerprint density at radius 1 is 1.43 bits per heavy atom. The molecule has 1 heterocycles. The van der Waals surface area contributed by atoms with Gasteiger partial charge in [-0.25, -0.2) is 4.98 Å². The molecule has 154 valence electrons. The molecule has 6 nitrogen and oxygen atoms in total. The second-order valence-corrected chi connectivity index (χ2v) is 8.36. The van der Waals surface area contributed by atoms with Gasteiger partial charge < -0.3 is 10.2 Å². The molecule has 0 bridgehead atoms. The SMILES string of the molecule is CC=Nc1c(C)cc(N(C)c2cc(C#N)ccc2CC)nc1NC(=O)[C@H]1CC12CC2. The molecule has 0 radical (unpaired) electrons. The van der Waals surface area contributed by atoms with Gasteiger partial charge in [0, 0.05) is 24.9 Å². The lowest BCUT2D eigenvalue weighted by Crippen LogP contribution is -2.19. The quantitative estimate of drug-likeness (QED) is 0.687. The first-order chi connectivity index (χ1) is 14.4. The van der Waals surface area contributed by atoms with Crippen LogP contribution in [0.15, 0.2) is 29.3 Å². The van der Waals surface area contributed by atoms with Crippen LogP contribution >= 0.6 is 0 Å². The number of benzene rings is 1. The Balaban J connectivity index is 1.71. The Morgan fingerprint density at radius 2 is 2.20 bits per heavy atom. The number of amides is 1. The minimum absolute atomic E-state index is 0.0486. The molecule has 1 aromatic heterocycles. The van der Waals surface area contributed by atoms with Crippen LogP contribution in [0.4, 0.5) is 23.0 Å². The van der Waals surface area contributed by atoms with E-state index in [0.29, 0.717) is 22.9 Å². The van der Waals surface area contributed by atoms with E-state index >= 15 is 0 Å². The number of nitrogens with zero attached hydrogens (tertiary/aromatic N) is 4. The highest BCUT2D eigenvalue weighted by Crippen LogP contribution is 2.70. The number of pyridine rings is 1. The topological polar surface area (TPSA) is 81.4 Å². The summed E-state index contributed by atoms with van der Waals surface area (Å²) in [5.74, 6) is 1.36. The molecule has 2 saturated carbocycles. The van der Waals surface area contributed by atoms with E-state index in [-0.39, 0.29) is 17.2 Å². The number of nitrogens with one attached hydrogen (secondary N) is 1. The van der Waals surface area contributed by atoms with Gasteiger partial charge in [0.05, 0.1) is 11.6 Å². The number of aromatic nitrogens is 1. The molecule has 1 amide bonds. The zero-order chi connectivity index (χ0) is 21.5. The van der Waals surface area contributed by atoms with Gasteiger partial charge in [0.2, 0.25) is 5.91 Å². The summed E-state index contributed by atoms with van der Waals surface area (Å²) in [5, 5.41) is 12.4. The van der Waals surface area contributed by atoms with Crippen LogP contribution < -0.4 is 10.2 Å². The molecule has 2 fully saturated rings. The van der Waals surface area contributed by atoms with Crippen molar-refractivity contribution in [2.75, 3.05) is 17.3 Å². The first kappa shape index (κ1) is 20.1. The minimum Gasteiger partial charge on any atom is -0.329 e. The van der Waals surface area contributed by atoms with Crippen molar-refractivity contribution >= 4 is 35.1 Å². The van der Waals surface area contributed by atoms with Crippen LogP contribution in [0.25, 0.3) is 0 Å². The number of anilines is 3. The Labute approximate surface area is 177 Å². The molecule has 0 aliphatic heterocycles. The van der Waals surface area contributed by atoms with Gasteiger partial charge in [-0.3, -0.25) is 9.79 Å². The van der Waals surface area contributed by atoms with Crippen molar-refractivity contribution in [3.8, 4) is 6.07 Å². The molecule has 30 heavy (non-hydrogen) atoms. The maximum atomic E-state index is 12.8. The summed E-state index contributed by atoms with van der Waals surface area (Å²) in [7, 11) is 1.94. The van der Waals surface area contributed by atoms with E-state index in [1.165, 1.54) is 0 Å². The van der Waals surface area contributed by atoms with Crippen molar-refractivity contribution in [1.29, 1.82) is 5.26 Å². The highest BCUT2D eigenvalue weighted by molar-refractivity contribution is 5.97. The number of nitriles is 1. The van der Waals surface area contributed by atoms with Crippen molar-refractivity contribution in [2.24, 2.45) is 16.3 Å². The van der Waals surface area contributed by atoms with Crippen molar-refractivity contribution in [2.45, 2.75) is 46.5 Å². The fourth-order valence-corrected chi connectivity index (χ4v) is 4.20. The van der Waals surface area contributed by atoms with Gasteiger partial charge in [0.1, 0.15) is 11.5 Å². The second-order valence-electron chi connectivity index (χ2n) is 8.36. The number of hydrogen-bond acceptors (Lipinski definition) is 5. The third kappa shape index (κ3) is 3.56. The molecule has 2 aliphatic carbocycles. The summed E-state index contributed by atoms with van der Waals surface area (Å²) in [6.45, 7) is 5.92. The highest BCUT2D eigenvalue weighted by Gasteiger charge is 2.65. The Bertz CT molecular complexity index is 1080. The Kier molecular flexibility index (Phi) is 5.07. The van der Waals surface area contributed by atoms with E-state index < -0.39 is 0 Å². The number of rotatable bonds is 6. The van der Waals surface area contributed by atoms with Gasteiger partial charge in [-0.2, -0.15) is 5.26 Å². The number of aryl methyl sites for hydroxylation is 2. The fraction of sp³-hybridized carbons (Fsp3) is 0.417. The first-order valence-electron chi connectivity index (χ1n) is 10.5. The van der Waals surface area contributed by atoms with Crippen molar-refractivity contribution < 1.29 is 4.79 Å². The van der Waals surface area contributed by atoms with E-state index in [1.807, 2.05) is 50.1 Å². The van der Waals surface area contributed by atoms with Gasteiger partial charge in [-0.1, -0.05) is 13.0 Å². The third-order valence-corrected chi connectivity index (χ3v) is 6.37. The Morgan fingerprint density at radius 3 is 2.80 bits per heavy atom. The van der Waals surface area contributed by atoms with E-state index in [9.17, 15) is 10.1 Å². The molecule has 1 N–H and O–H groups in total. The molecule has 0 unspecified atom stereocenters. The summed E-state index contributed by atoms with van der Waals surface area (Å²) >= 11 is 0. The smallest absolute Gasteiger partial charge is 0.229 e. The van der Waals surface area contributed by atoms with Gasteiger partial charge >= 0.3 is 0 Å². The van der Waals surface area contributed by atoms with Crippen LogP contribution in [-0.4, -0.2) is 24.2 Å². The van der Waals surface area contributed by atoms with E-state index in [4.69, 9.17) is 4.98 Å². The van der Waals surface area contributed by atoms with E-state index in [1.54, 1.807) is 6.21 Å². The predicted octanol–water partition coefficient (Wildman–Crippen LogP) is 5.05. The summed E-state index contributed by atoms with van der Waals surface area (Å²) in [6.07, 6.45) is 5.87. The molecular formula is C24H27N5O. The van der Waals surface area contributed by atoms with Gasteiger partial charge in [0.15, 0.2) is 5.82 Å². The van der Waals surface area contributed by atoms with Gasteiger partial charge in [0.25, 0.3) is 0 Å². The van der Waals surface area contributed by atoms with Crippen LogP contribution in [0.5, 0.6) is 0 Å². The largest absolute Gasteiger partial charge is 0.329 e. The number of carbonyl (C=O) groups excluding carboxylic acids is 1. The molecule has 1 aromatic carbocycles. The third-order valence-electron chi connectivity index (χ3n) is 6.37. The van der Waals surface area contributed by atoms with E-state index in [0.717, 1.165) is 42.5 Å². The normalized spacial score (nSPS) is 18.3. The van der Waals surface area contributed by atoms with E-state index in [2.05, 4.69) is 23.3 Å². The van der Waals surface area contributed by atoms with Crippen molar-refractivity contribution in [1.82, 2.24) is 4.98 Å². The molecule has 2 aliphatic rings. The lowest BCUT2D eigenvalue weighted by molar-refractivity contribution is -0.117. The number of aliphatic imine (C=N–C) groups is 1. The highest BCUT2D eigenvalue weighted by atomic mass is 16.2. The molecule has 4 rings (SSSR count). The van der Waals surface area contributed by atoms with Crippen molar-refractivity contribution in [3.63, 3.8) is 0 Å². The molecule has 1 atom stereocenters. The molecule has 1 spiro atoms. The maximum absolute atomic E-state index is 12.8. The molecular weight excluding hydrogens is 374 g/mol. The average Bonchev–Trinajstić information content (AvgIpc) is 3.68.